The van der Waals surface area contributed by atoms with Crippen LogP contribution in [0.5, 0.6) is 0 Å². The molecular formula is C82H81N17O3. The zero-order chi connectivity index (χ0) is 71.7. The second-order valence-corrected chi connectivity index (χ2v) is 25.6. The molecule has 0 aliphatic carbocycles. The van der Waals surface area contributed by atoms with E-state index in [2.05, 4.69) is 163 Å². The average molecular weight is 1350 g/mol. The number of carbonyl (C=O) groups is 3. The van der Waals surface area contributed by atoms with Crippen LogP contribution in [0.25, 0.3) is 101 Å². The molecule has 0 saturated heterocycles. The lowest BCUT2D eigenvalue weighted by molar-refractivity contribution is 0.0942. The van der Waals surface area contributed by atoms with Gasteiger partial charge in [0.15, 0.2) is 0 Å². The lowest BCUT2D eigenvalue weighted by Gasteiger charge is -2.29. The van der Waals surface area contributed by atoms with Gasteiger partial charge in [-0.1, -0.05) is 78.7 Å². The summed E-state index contributed by atoms with van der Waals surface area (Å²) in [5.41, 5.74) is 25.8. The fourth-order valence-corrected chi connectivity index (χ4v) is 12.1. The third-order valence-corrected chi connectivity index (χ3v) is 17.7. The van der Waals surface area contributed by atoms with Crippen molar-refractivity contribution in [2.24, 2.45) is 10.7 Å². The largest absolute Gasteiger partial charge is 0.378 e. The van der Waals surface area contributed by atoms with Crippen molar-refractivity contribution in [3.8, 4) is 79.9 Å². The van der Waals surface area contributed by atoms with E-state index in [9.17, 15) is 14.4 Å². The zero-order valence-electron chi connectivity index (χ0n) is 58.9. The number of nitrogens with one attached hydrogen (secondary N) is 3. The van der Waals surface area contributed by atoms with E-state index in [-0.39, 0.29) is 17.7 Å². The summed E-state index contributed by atoms with van der Waals surface area (Å²) in [7, 11) is 17.9. The molecule has 102 heavy (non-hydrogen) atoms. The van der Waals surface area contributed by atoms with E-state index in [0.717, 1.165) is 67.5 Å². The number of hydrogen-bond acceptors (Lipinski definition) is 17. The molecule has 3 aromatic heterocycles. The van der Waals surface area contributed by atoms with Gasteiger partial charge in [0.2, 0.25) is 0 Å². The molecule has 12 rings (SSSR count). The highest BCUT2D eigenvalue weighted by Gasteiger charge is 2.23. The van der Waals surface area contributed by atoms with Gasteiger partial charge in [-0.05, 0) is 134 Å². The van der Waals surface area contributed by atoms with E-state index >= 15 is 0 Å². The standard InChI is InChI=1S/C82H81N17O3/c1-12-52(2)87-82(102)61-33-36-70-73(49-61)93-79(58-24-18-30-67(46-58)99(11)50-96(8)64-27-15-21-55(43-64)75-77(54-20-14-26-63(42-54)95(6)7)91-72-48-60(32-35-69(72)89-75)81(101)86-40-39-84-3)76(90-70)56-22-16-28-65(44-56)97(9)51-98(10)66-29-17-23-57(45-66)78-74(53-19-13-25-62(41-53)94(4)5)88-68-34-31-59(47-71(68)92-78)80(100)85-38-37-83/h1,13-36,39,41-49,52H,37-38,40,50-51,83H2,2-11H3,(H,85,100)(H,86,101)(H,87,102). The minimum atomic E-state index is -0.475. The lowest BCUT2D eigenvalue weighted by atomic mass is 10.0. The molecule has 1 unspecified atom stereocenters. The van der Waals surface area contributed by atoms with Gasteiger partial charge in [-0.2, -0.15) is 0 Å². The van der Waals surface area contributed by atoms with Crippen molar-refractivity contribution in [1.82, 2.24) is 45.9 Å². The van der Waals surface area contributed by atoms with E-state index in [4.69, 9.17) is 42.1 Å². The van der Waals surface area contributed by atoms with E-state index in [1.54, 1.807) is 56.6 Å². The summed E-state index contributed by atoms with van der Waals surface area (Å²) in [6.45, 7) is 3.74. The number of anilines is 6. The molecule has 3 amide bonds. The topological polar surface area (TPSA) is 222 Å². The summed E-state index contributed by atoms with van der Waals surface area (Å²) < 4.78 is 0. The summed E-state index contributed by atoms with van der Waals surface area (Å²) in [4.78, 5) is 88.4. The zero-order valence-corrected chi connectivity index (χ0v) is 58.9. The van der Waals surface area contributed by atoms with Crippen LogP contribution in [-0.2, 0) is 0 Å². The molecule has 0 saturated carbocycles. The van der Waals surface area contributed by atoms with Crippen LogP contribution in [0.15, 0.2) is 205 Å². The third-order valence-electron chi connectivity index (χ3n) is 17.7. The minimum absolute atomic E-state index is 0.226. The Morgan fingerprint density at radius 3 is 1.02 bits per heavy atom. The molecule has 0 aliphatic rings. The van der Waals surface area contributed by atoms with Gasteiger partial charge in [0.25, 0.3) is 17.7 Å². The number of nitrogens with two attached hydrogens (primary N) is 1. The van der Waals surface area contributed by atoms with Gasteiger partial charge in [0.1, 0.15) is 0 Å². The molecule has 0 fully saturated rings. The normalized spacial score (nSPS) is 11.5. The summed E-state index contributed by atoms with van der Waals surface area (Å²) in [5.74, 6) is 1.82. The first-order valence-electron chi connectivity index (χ1n) is 33.5. The molecule has 0 aliphatic heterocycles. The predicted molar refractivity (Wildman–Crippen MR) is 417 cm³/mol. The first-order chi connectivity index (χ1) is 49.3. The number of hydrogen-bond donors (Lipinski definition) is 4. The Bertz CT molecular complexity index is 5220. The molecule has 512 valence electrons. The molecule has 9 aromatic carbocycles. The molecular weight excluding hydrogens is 1270 g/mol. The number of rotatable bonds is 24. The van der Waals surface area contributed by atoms with Gasteiger partial charge in [-0.15, -0.1) is 6.42 Å². The summed E-state index contributed by atoms with van der Waals surface area (Å²) >= 11 is 0. The quantitative estimate of drug-likeness (QED) is 0.0251. The van der Waals surface area contributed by atoms with Crippen molar-refractivity contribution in [3.05, 3.63) is 217 Å². The summed E-state index contributed by atoms with van der Waals surface area (Å²) in [6, 6.07) is 65.2. The number of benzene rings is 9. The number of fused-ring (bicyclic) bond motifs is 3. The van der Waals surface area contributed by atoms with Crippen molar-refractivity contribution in [1.29, 1.82) is 0 Å². The van der Waals surface area contributed by atoms with Gasteiger partial charge >= 0.3 is 0 Å². The maximum absolute atomic E-state index is 13.5. The van der Waals surface area contributed by atoms with E-state index in [0.29, 0.717) is 117 Å². The highest BCUT2D eigenvalue weighted by atomic mass is 16.2. The van der Waals surface area contributed by atoms with E-state index in [1.807, 2.05) is 113 Å². The van der Waals surface area contributed by atoms with Gasteiger partial charge < -0.3 is 51.1 Å². The second kappa shape index (κ2) is 30.7. The van der Waals surface area contributed by atoms with Crippen LogP contribution < -0.4 is 51.1 Å². The third kappa shape index (κ3) is 15.5. The predicted octanol–water partition coefficient (Wildman–Crippen LogP) is 12.6. The average Bonchev–Trinajstić information content (AvgIpc) is 0.781. The van der Waals surface area contributed by atoms with Crippen molar-refractivity contribution in [2.75, 3.05) is 126 Å². The Kier molecular flexibility index (Phi) is 20.8. The Morgan fingerprint density at radius 2 is 0.716 bits per heavy atom. The molecule has 20 nitrogen and oxygen atoms in total. The van der Waals surface area contributed by atoms with Gasteiger partial charge in [-0.25, -0.2) is 29.9 Å². The maximum Gasteiger partial charge on any atom is 0.252 e. The SMILES string of the molecule is C#CC(C)NC(=O)c1ccc2nc(-c3cccc(N(C)CN(C)c4cccc(-c5nc6cc(C(=O)NCCN)ccc6nc5-c5cccc(N(C)C)c5)c4)c3)c(-c3cccc(N(C)CN(C)c4cccc(-c5nc6ccc(C(=O)NCC=NC)cc6nc5-c5cccc(N(C)C)c5)c4)c3)nc2c1. The molecule has 0 bridgehead atoms. The molecule has 0 radical (unpaired) electrons. The number of amides is 3. The Hall–Kier alpha value is -12.6. The van der Waals surface area contributed by atoms with Crippen molar-refractivity contribution in [3.63, 3.8) is 0 Å². The number of terminal acetylenes is 1. The Balaban J connectivity index is 0.843. The van der Waals surface area contributed by atoms with Crippen LogP contribution >= 0.6 is 0 Å². The number of carbonyl (C=O) groups excluding carboxylic acids is 3. The van der Waals surface area contributed by atoms with Crippen LogP contribution in [0.3, 0.4) is 0 Å². The Morgan fingerprint density at radius 1 is 0.422 bits per heavy atom. The molecule has 1 atom stereocenters. The number of nitrogens with zero attached hydrogens (tertiary/aromatic N) is 13. The highest BCUT2D eigenvalue weighted by molar-refractivity contribution is 6.01. The van der Waals surface area contributed by atoms with Gasteiger partial charge in [0, 0.05) is 167 Å². The van der Waals surface area contributed by atoms with E-state index < -0.39 is 6.04 Å². The first-order valence-corrected chi connectivity index (χ1v) is 33.5. The van der Waals surface area contributed by atoms with Crippen molar-refractivity contribution in [2.45, 2.75) is 13.0 Å². The van der Waals surface area contributed by atoms with Gasteiger partial charge in [-0.3, -0.25) is 19.4 Å². The molecule has 5 N–H and O–H groups in total. The van der Waals surface area contributed by atoms with Gasteiger partial charge in [0.05, 0.1) is 93.2 Å². The smallest absolute Gasteiger partial charge is 0.252 e. The maximum atomic E-state index is 13.5. The summed E-state index contributed by atoms with van der Waals surface area (Å²) in [5, 5.41) is 8.64. The molecule has 0 spiro atoms. The van der Waals surface area contributed by atoms with Crippen LogP contribution in [0.4, 0.5) is 34.1 Å². The second-order valence-electron chi connectivity index (χ2n) is 25.6. The van der Waals surface area contributed by atoms with Crippen LogP contribution in [0.1, 0.15) is 38.0 Å². The van der Waals surface area contributed by atoms with Crippen LogP contribution in [0.2, 0.25) is 0 Å². The highest BCUT2D eigenvalue weighted by Crippen LogP contribution is 2.39. The number of aliphatic imine (C=N–C) groups is 1. The van der Waals surface area contributed by atoms with Crippen LogP contribution in [-0.4, -0.2) is 156 Å². The monoisotopic (exact) mass is 1350 g/mol. The van der Waals surface area contributed by atoms with Crippen molar-refractivity contribution < 1.29 is 14.4 Å². The minimum Gasteiger partial charge on any atom is -0.378 e. The number of aromatic nitrogens is 6. The lowest BCUT2D eigenvalue weighted by Crippen LogP contribution is -2.32. The van der Waals surface area contributed by atoms with E-state index in [1.165, 1.54) is 0 Å². The molecule has 12 aromatic rings. The first kappa shape index (κ1) is 69.3. The summed E-state index contributed by atoms with van der Waals surface area (Å²) in [6.07, 6.45) is 7.32. The fourth-order valence-electron chi connectivity index (χ4n) is 12.1. The Labute approximate surface area is 594 Å². The fraction of sp³-hybridized carbons (Fsp3) is 0.195. The molecule has 20 heteroatoms. The van der Waals surface area contributed by atoms with Crippen molar-refractivity contribution >= 4 is 91.2 Å². The molecule has 3 heterocycles. The van der Waals surface area contributed by atoms with Crippen LogP contribution in [0, 0.1) is 12.3 Å².